The van der Waals surface area contributed by atoms with Crippen LogP contribution in [-0.2, 0) is 17.8 Å². The highest BCUT2D eigenvalue weighted by molar-refractivity contribution is 5.77. The van der Waals surface area contributed by atoms with Crippen molar-refractivity contribution in [3.8, 4) is 11.5 Å². The van der Waals surface area contributed by atoms with Gasteiger partial charge in [0.05, 0.1) is 12.8 Å². The van der Waals surface area contributed by atoms with Gasteiger partial charge in [-0.15, -0.1) is 0 Å². The Balaban J connectivity index is 1.39. The largest absolute Gasteiger partial charge is 0.497 e. The number of fused-ring (bicyclic) bond motifs is 1. The van der Waals surface area contributed by atoms with Crippen molar-refractivity contribution < 1.29 is 14.3 Å². The summed E-state index contributed by atoms with van der Waals surface area (Å²) in [5.41, 5.74) is 4.90. The molecule has 192 valence electrons. The van der Waals surface area contributed by atoms with Crippen molar-refractivity contribution in [3.63, 3.8) is 0 Å². The summed E-state index contributed by atoms with van der Waals surface area (Å²) in [5.74, 6) is 1.21. The molecule has 1 unspecified atom stereocenters. The second kappa shape index (κ2) is 12.1. The van der Waals surface area contributed by atoms with Crippen LogP contribution in [0.1, 0.15) is 34.7 Å². The topological polar surface area (TPSA) is 64.9 Å². The number of rotatable bonds is 11. The molecule has 1 N–H and O–H groups in total. The van der Waals surface area contributed by atoms with E-state index >= 15 is 0 Å². The Bertz CT molecular complexity index is 1480. The molecule has 38 heavy (non-hydrogen) atoms. The fraction of sp³-hybridized carbons (Fsp3) is 0.188. The van der Waals surface area contributed by atoms with E-state index in [1.807, 2.05) is 102 Å². The minimum atomic E-state index is -0.221. The summed E-state index contributed by atoms with van der Waals surface area (Å²) in [6.45, 7) is 1.03. The van der Waals surface area contributed by atoms with Gasteiger partial charge in [-0.2, -0.15) is 0 Å². The lowest BCUT2D eigenvalue weighted by atomic mass is 9.92. The molecule has 5 rings (SSSR count). The maximum atomic E-state index is 13.1. The number of amides is 1. The Labute approximate surface area is 222 Å². The molecule has 6 nitrogen and oxygen atoms in total. The SMILES string of the molecule is COc1cccc(C(CC(=O)NCCc2ccccc2)c2cnc3c(OCc4ccccc4)cccn23)c1. The monoisotopic (exact) mass is 505 g/mol. The molecule has 5 aromatic rings. The summed E-state index contributed by atoms with van der Waals surface area (Å²) in [7, 11) is 1.65. The molecule has 6 heteroatoms. The summed E-state index contributed by atoms with van der Waals surface area (Å²) >= 11 is 0. The van der Waals surface area contributed by atoms with Gasteiger partial charge in [0.25, 0.3) is 0 Å². The highest BCUT2D eigenvalue weighted by Gasteiger charge is 2.23. The number of carbonyl (C=O) groups excluding carboxylic acids is 1. The molecule has 0 saturated carbocycles. The van der Waals surface area contributed by atoms with Crippen LogP contribution in [0.25, 0.3) is 5.65 Å². The van der Waals surface area contributed by atoms with Crippen molar-refractivity contribution in [1.82, 2.24) is 14.7 Å². The van der Waals surface area contributed by atoms with Crippen molar-refractivity contribution in [2.45, 2.75) is 25.4 Å². The lowest BCUT2D eigenvalue weighted by Crippen LogP contribution is -2.27. The van der Waals surface area contributed by atoms with Crippen LogP contribution in [0.2, 0.25) is 0 Å². The molecule has 0 fully saturated rings. The molecule has 0 aliphatic carbocycles. The third-order valence-corrected chi connectivity index (χ3v) is 6.59. The van der Waals surface area contributed by atoms with Crippen LogP contribution in [0.5, 0.6) is 11.5 Å². The van der Waals surface area contributed by atoms with Gasteiger partial charge < -0.3 is 19.2 Å². The van der Waals surface area contributed by atoms with Crippen LogP contribution in [0.15, 0.2) is 109 Å². The van der Waals surface area contributed by atoms with E-state index in [4.69, 9.17) is 14.5 Å². The van der Waals surface area contributed by atoms with Gasteiger partial charge in [-0.3, -0.25) is 4.79 Å². The lowest BCUT2D eigenvalue weighted by molar-refractivity contribution is -0.121. The molecular weight excluding hydrogens is 474 g/mol. The van der Waals surface area contributed by atoms with Crippen LogP contribution in [-0.4, -0.2) is 28.9 Å². The van der Waals surface area contributed by atoms with Gasteiger partial charge in [0, 0.05) is 31.3 Å². The predicted octanol–water partition coefficient (Wildman–Crippen LogP) is 5.80. The van der Waals surface area contributed by atoms with Crippen LogP contribution in [0, 0.1) is 0 Å². The predicted molar refractivity (Wildman–Crippen MR) is 149 cm³/mol. The number of nitrogens with zero attached hydrogens (tertiary/aromatic N) is 2. The first-order chi connectivity index (χ1) is 18.7. The minimum Gasteiger partial charge on any atom is -0.497 e. The number of imidazole rings is 1. The molecule has 1 amide bonds. The lowest BCUT2D eigenvalue weighted by Gasteiger charge is -2.18. The fourth-order valence-electron chi connectivity index (χ4n) is 4.61. The van der Waals surface area contributed by atoms with Crippen molar-refractivity contribution in [2.24, 2.45) is 0 Å². The third kappa shape index (κ3) is 6.03. The summed E-state index contributed by atoms with van der Waals surface area (Å²) in [6, 6.07) is 31.9. The maximum Gasteiger partial charge on any atom is 0.221 e. The van der Waals surface area contributed by atoms with Crippen molar-refractivity contribution in [3.05, 3.63) is 132 Å². The number of methoxy groups -OCH3 is 1. The molecule has 0 spiro atoms. The molecule has 0 aliphatic heterocycles. The average molecular weight is 506 g/mol. The number of aromatic nitrogens is 2. The fourth-order valence-corrected chi connectivity index (χ4v) is 4.61. The summed E-state index contributed by atoms with van der Waals surface area (Å²) < 4.78 is 13.6. The Kier molecular flexibility index (Phi) is 7.99. The highest BCUT2D eigenvalue weighted by atomic mass is 16.5. The first-order valence-electron chi connectivity index (χ1n) is 12.8. The van der Waals surface area contributed by atoms with Gasteiger partial charge in [0.1, 0.15) is 12.4 Å². The minimum absolute atomic E-state index is 0.0137. The number of hydrogen-bond donors (Lipinski definition) is 1. The quantitative estimate of drug-likeness (QED) is 0.246. The Morgan fingerprint density at radius 3 is 2.45 bits per heavy atom. The zero-order chi connectivity index (χ0) is 26.2. The van der Waals surface area contributed by atoms with Crippen molar-refractivity contribution >= 4 is 11.6 Å². The Morgan fingerprint density at radius 1 is 0.921 bits per heavy atom. The molecular formula is C32H31N3O3. The number of carbonyl (C=O) groups is 1. The molecule has 0 aliphatic rings. The van der Waals surface area contributed by atoms with Crippen LogP contribution in [0.4, 0.5) is 0 Å². The van der Waals surface area contributed by atoms with E-state index in [-0.39, 0.29) is 18.2 Å². The van der Waals surface area contributed by atoms with Crippen molar-refractivity contribution in [1.29, 1.82) is 0 Å². The van der Waals surface area contributed by atoms with E-state index in [2.05, 4.69) is 17.4 Å². The van der Waals surface area contributed by atoms with Crippen LogP contribution < -0.4 is 14.8 Å². The van der Waals surface area contributed by atoms with Gasteiger partial charge in [0.15, 0.2) is 11.4 Å². The second-order valence-corrected chi connectivity index (χ2v) is 9.14. The highest BCUT2D eigenvalue weighted by Crippen LogP contribution is 2.32. The van der Waals surface area contributed by atoms with Crippen LogP contribution >= 0.6 is 0 Å². The smallest absolute Gasteiger partial charge is 0.221 e. The van der Waals surface area contributed by atoms with E-state index in [9.17, 15) is 4.79 Å². The van der Waals surface area contributed by atoms with Gasteiger partial charge in [0.2, 0.25) is 5.91 Å². The van der Waals surface area contributed by atoms with Gasteiger partial charge in [-0.1, -0.05) is 72.8 Å². The normalized spacial score (nSPS) is 11.7. The molecule has 2 aromatic heterocycles. The first-order valence-corrected chi connectivity index (χ1v) is 12.8. The van der Waals surface area contributed by atoms with E-state index in [1.165, 1.54) is 5.56 Å². The number of ether oxygens (including phenoxy) is 2. The number of hydrogen-bond acceptors (Lipinski definition) is 4. The zero-order valence-corrected chi connectivity index (χ0v) is 21.4. The number of pyridine rings is 1. The summed E-state index contributed by atoms with van der Waals surface area (Å²) in [5, 5.41) is 3.10. The summed E-state index contributed by atoms with van der Waals surface area (Å²) in [4.78, 5) is 17.8. The van der Waals surface area contributed by atoms with E-state index in [0.717, 1.165) is 34.6 Å². The average Bonchev–Trinajstić information content (AvgIpc) is 3.40. The molecule has 0 radical (unpaired) electrons. The maximum absolute atomic E-state index is 13.1. The van der Waals surface area contributed by atoms with Gasteiger partial charge >= 0.3 is 0 Å². The molecule has 2 heterocycles. The van der Waals surface area contributed by atoms with E-state index < -0.39 is 0 Å². The molecule has 0 saturated heterocycles. The van der Waals surface area contributed by atoms with Gasteiger partial charge in [-0.25, -0.2) is 4.98 Å². The number of benzene rings is 3. The molecule has 0 bridgehead atoms. The van der Waals surface area contributed by atoms with Crippen molar-refractivity contribution in [2.75, 3.05) is 13.7 Å². The number of nitrogens with one attached hydrogen (secondary N) is 1. The molecule has 1 atom stereocenters. The van der Waals surface area contributed by atoms with E-state index in [0.29, 0.717) is 18.9 Å². The van der Waals surface area contributed by atoms with E-state index in [1.54, 1.807) is 7.11 Å². The van der Waals surface area contributed by atoms with Gasteiger partial charge in [-0.05, 0) is 47.4 Å². The Hall–Kier alpha value is -4.58. The standard InChI is InChI=1S/C32H31N3O3/c1-37-27-15-8-14-26(20-27)28(21-31(36)33-18-17-24-10-4-2-5-11-24)29-22-34-32-30(16-9-19-35(29)32)38-23-25-12-6-3-7-13-25/h2-16,19-20,22,28H,17-18,21,23H2,1H3,(H,33,36). The third-order valence-electron chi connectivity index (χ3n) is 6.59. The Morgan fingerprint density at radius 2 is 1.68 bits per heavy atom. The molecule has 3 aromatic carbocycles. The first kappa shape index (κ1) is 25.1. The zero-order valence-electron chi connectivity index (χ0n) is 21.4. The van der Waals surface area contributed by atoms with Crippen LogP contribution in [0.3, 0.4) is 0 Å². The summed E-state index contributed by atoms with van der Waals surface area (Å²) in [6.07, 6.45) is 4.87. The second-order valence-electron chi connectivity index (χ2n) is 9.14.